The fourth-order valence-corrected chi connectivity index (χ4v) is 3.53. The fourth-order valence-electron chi connectivity index (χ4n) is 3.27. The standard InChI is InChI=1S/C20H25BrN2O/c1-15-3-4-16(2)19(13-15)23-11-9-22(10-12-23)14-20(24)17-5-7-18(21)8-6-17/h3-8,13,20,24H,9-12,14H2,1-2H3/t20-/m0/s1. The summed E-state index contributed by atoms with van der Waals surface area (Å²) in [6.07, 6.45) is -0.426. The van der Waals surface area contributed by atoms with Gasteiger partial charge in [-0.2, -0.15) is 0 Å². The summed E-state index contributed by atoms with van der Waals surface area (Å²) in [7, 11) is 0. The number of nitrogens with zero attached hydrogens (tertiary/aromatic N) is 2. The van der Waals surface area contributed by atoms with Gasteiger partial charge >= 0.3 is 0 Å². The third kappa shape index (κ3) is 4.18. The van der Waals surface area contributed by atoms with Gasteiger partial charge in [-0.3, -0.25) is 4.90 Å². The Balaban J connectivity index is 1.57. The first-order chi connectivity index (χ1) is 11.5. The van der Waals surface area contributed by atoms with Crippen molar-refractivity contribution in [3.8, 4) is 0 Å². The van der Waals surface area contributed by atoms with E-state index in [0.29, 0.717) is 6.54 Å². The number of hydrogen-bond donors (Lipinski definition) is 1. The van der Waals surface area contributed by atoms with Crippen LogP contribution in [0.15, 0.2) is 46.9 Å². The smallest absolute Gasteiger partial charge is 0.0916 e. The second kappa shape index (κ2) is 7.68. The zero-order chi connectivity index (χ0) is 17.1. The summed E-state index contributed by atoms with van der Waals surface area (Å²) in [6, 6.07) is 14.6. The van der Waals surface area contributed by atoms with Gasteiger partial charge < -0.3 is 10.0 Å². The SMILES string of the molecule is Cc1ccc(C)c(N2CCN(C[C@H](O)c3ccc(Br)cc3)CC2)c1. The number of piperazine rings is 1. The van der Waals surface area contributed by atoms with Crippen LogP contribution in [0, 0.1) is 13.8 Å². The number of anilines is 1. The van der Waals surface area contributed by atoms with Crippen LogP contribution in [0.5, 0.6) is 0 Å². The Morgan fingerprint density at radius 2 is 1.67 bits per heavy atom. The van der Waals surface area contributed by atoms with E-state index < -0.39 is 6.10 Å². The lowest BCUT2D eigenvalue weighted by Crippen LogP contribution is -2.47. The van der Waals surface area contributed by atoms with Crippen molar-refractivity contribution in [1.82, 2.24) is 4.90 Å². The van der Waals surface area contributed by atoms with Crippen molar-refractivity contribution in [1.29, 1.82) is 0 Å². The monoisotopic (exact) mass is 388 g/mol. The van der Waals surface area contributed by atoms with Gasteiger partial charge in [0.25, 0.3) is 0 Å². The highest BCUT2D eigenvalue weighted by molar-refractivity contribution is 9.10. The van der Waals surface area contributed by atoms with E-state index in [9.17, 15) is 5.11 Å². The number of benzene rings is 2. The third-order valence-corrected chi connectivity index (χ3v) is 5.29. The van der Waals surface area contributed by atoms with Crippen LogP contribution >= 0.6 is 15.9 Å². The highest BCUT2D eigenvalue weighted by Gasteiger charge is 2.21. The number of aliphatic hydroxyl groups excluding tert-OH is 1. The minimum absolute atomic E-state index is 0.426. The number of rotatable bonds is 4. The molecule has 1 fully saturated rings. The summed E-state index contributed by atoms with van der Waals surface area (Å²) >= 11 is 3.44. The number of aryl methyl sites for hydroxylation is 2. The lowest BCUT2D eigenvalue weighted by Gasteiger charge is -2.37. The molecule has 1 aliphatic rings. The molecule has 2 aromatic rings. The predicted molar refractivity (Wildman–Crippen MR) is 104 cm³/mol. The third-order valence-electron chi connectivity index (χ3n) is 4.76. The molecule has 0 saturated carbocycles. The van der Waals surface area contributed by atoms with Crippen LogP contribution in [0.1, 0.15) is 22.8 Å². The van der Waals surface area contributed by atoms with Gasteiger partial charge in [0.05, 0.1) is 6.10 Å². The highest BCUT2D eigenvalue weighted by atomic mass is 79.9. The van der Waals surface area contributed by atoms with Crippen LogP contribution < -0.4 is 4.90 Å². The van der Waals surface area contributed by atoms with Crippen molar-refractivity contribution in [2.24, 2.45) is 0 Å². The summed E-state index contributed by atoms with van der Waals surface area (Å²) in [5, 5.41) is 10.5. The number of aliphatic hydroxyl groups is 1. The van der Waals surface area contributed by atoms with Crippen LogP contribution in [-0.4, -0.2) is 42.7 Å². The fraction of sp³-hybridized carbons (Fsp3) is 0.400. The van der Waals surface area contributed by atoms with E-state index in [1.807, 2.05) is 24.3 Å². The summed E-state index contributed by atoms with van der Waals surface area (Å²) in [5.41, 5.74) is 4.98. The van der Waals surface area contributed by atoms with E-state index in [1.165, 1.54) is 16.8 Å². The van der Waals surface area contributed by atoms with Crippen molar-refractivity contribution in [3.05, 3.63) is 63.6 Å². The normalized spacial score (nSPS) is 17.1. The maximum absolute atomic E-state index is 10.5. The molecule has 1 aliphatic heterocycles. The number of hydrogen-bond acceptors (Lipinski definition) is 3. The molecule has 1 atom stereocenters. The van der Waals surface area contributed by atoms with E-state index in [4.69, 9.17) is 0 Å². The Morgan fingerprint density at radius 3 is 2.33 bits per heavy atom. The van der Waals surface area contributed by atoms with E-state index in [1.54, 1.807) is 0 Å². The van der Waals surface area contributed by atoms with Crippen molar-refractivity contribution in [3.63, 3.8) is 0 Å². The Bertz CT molecular complexity index is 679. The molecule has 0 amide bonds. The summed E-state index contributed by atoms with van der Waals surface area (Å²) < 4.78 is 1.04. The molecule has 128 valence electrons. The van der Waals surface area contributed by atoms with E-state index in [2.05, 4.69) is 57.8 Å². The van der Waals surface area contributed by atoms with Gasteiger partial charge in [0, 0.05) is 42.9 Å². The minimum atomic E-state index is -0.426. The van der Waals surface area contributed by atoms with E-state index in [-0.39, 0.29) is 0 Å². The summed E-state index contributed by atoms with van der Waals surface area (Å²) in [4.78, 5) is 4.82. The molecular weight excluding hydrogens is 364 g/mol. The Labute approximate surface area is 153 Å². The molecule has 0 radical (unpaired) electrons. The first-order valence-corrected chi connectivity index (χ1v) is 9.30. The lowest BCUT2D eigenvalue weighted by atomic mass is 10.1. The van der Waals surface area contributed by atoms with Gasteiger partial charge in [-0.15, -0.1) is 0 Å². The van der Waals surface area contributed by atoms with Crippen molar-refractivity contribution >= 4 is 21.6 Å². The topological polar surface area (TPSA) is 26.7 Å². The molecule has 3 nitrogen and oxygen atoms in total. The van der Waals surface area contributed by atoms with Gasteiger partial charge in [-0.1, -0.05) is 40.2 Å². The molecular formula is C20H25BrN2O. The van der Waals surface area contributed by atoms with Crippen LogP contribution in [0.25, 0.3) is 0 Å². The predicted octanol–water partition coefficient (Wildman–Crippen LogP) is 3.92. The summed E-state index contributed by atoms with van der Waals surface area (Å²) in [5.74, 6) is 0. The molecule has 1 heterocycles. The Morgan fingerprint density at radius 1 is 1.00 bits per heavy atom. The largest absolute Gasteiger partial charge is 0.387 e. The minimum Gasteiger partial charge on any atom is -0.387 e. The van der Waals surface area contributed by atoms with Gasteiger partial charge in [-0.05, 0) is 48.7 Å². The van der Waals surface area contributed by atoms with Crippen molar-refractivity contribution in [2.45, 2.75) is 20.0 Å². The van der Waals surface area contributed by atoms with Crippen LogP contribution in [0.3, 0.4) is 0 Å². The van der Waals surface area contributed by atoms with Crippen LogP contribution in [0.4, 0.5) is 5.69 Å². The summed E-state index contributed by atoms with van der Waals surface area (Å²) in [6.45, 7) is 9.02. The second-order valence-corrected chi connectivity index (χ2v) is 7.56. The van der Waals surface area contributed by atoms with Gasteiger partial charge in [0.15, 0.2) is 0 Å². The second-order valence-electron chi connectivity index (χ2n) is 6.64. The molecule has 1 saturated heterocycles. The molecule has 4 heteroatoms. The van der Waals surface area contributed by atoms with Gasteiger partial charge in [-0.25, -0.2) is 0 Å². The zero-order valence-corrected chi connectivity index (χ0v) is 16.0. The first kappa shape index (κ1) is 17.5. The maximum Gasteiger partial charge on any atom is 0.0916 e. The van der Waals surface area contributed by atoms with E-state index >= 15 is 0 Å². The van der Waals surface area contributed by atoms with Crippen molar-refractivity contribution in [2.75, 3.05) is 37.6 Å². The highest BCUT2D eigenvalue weighted by Crippen LogP contribution is 2.24. The molecule has 1 N–H and O–H groups in total. The van der Waals surface area contributed by atoms with Gasteiger partial charge in [0.1, 0.15) is 0 Å². The quantitative estimate of drug-likeness (QED) is 0.859. The Hall–Kier alpha value is -1.36. The number of β-amino-alcohol motifs (C(OH)–C–C–N with tert-alkyl or cyclic N) is 1. The zero-order valence-electron chi connectivity index (χ0n) is 14.4. The molecule has 24 heavy (non-hydrogen) atoms. The average Bonchev–Trinajstić information content (AvgIpc) is 2.58. The van der Waals surface area contributed by atoms with Crippen molar-refractivity contribution < 1.29 is 5.11 Å². The molecule has 0 aliphatic carbocycles. The molecule has 3 rings (SSSR count). The molecule has 0 spiro atoms. The first-order valence-electron chi connectivity index (χ1n) is 8.51. The molecule has 2 aromatic carbocycles. The lowest BCUT2D eigenvalue weighted by molar-refractivity contribution is 0.109. The number of halogens is 1. The average molecular weight is 389 g/mol. The molecule has 0 unspecified atom stereocenters. The molecule has 0 bridgehead atoms. The van der Waals surface area contributed by atoms with Gasteiger partial charge in [0.2, 0.25) is 0 Å². The maximum atomic E-state index is 10.5. The van der Waals surface area contributed by atoms with Crippen LogP contribution in [-0.2, 0) is 0 Å². The molecule has 0 aromatic heterocycles. The Kier molecular flexibility index (Phi) is 5.59. The van der Waals surface area contributed by atoms with E-state index in [0.717, 1.165) is 36.2 Å². The van der Waals surface area contributed by atoms with Crippen LogP contribution in [0.2, 0.25) is 0 Å².